The fourth-order valence-corrected chi connectivity index (χ4v) is 1.87. The Kier molecular flexibility index (Phi) is 5.30. The first-order valence-corrected chi connectivity index (χ1v) is 6.81. The minimum absolute atomic E-state index is 0.141. The number of amides is 1. The van der Waals surface area contributed by atoms with Gasteiger partial charge in [-0.25, -0.2) is 8.78 Å². The maximum atomic E-state index is 13.4. The lowest BCUT2D eigenvalue weighted by Gasteiger charge is -2.12. The summed E-state index contributed by atoms with van der Waals surface area (Å²) in [6.45, 7) is 2.20. The van der Waals surface area contributed by atoms with Crippen molar-refractivity contribution in [3.05, 3.63) is 54.1 Å². The number of benzene rings is 2. The van der Waals surface area contributed by atoms with Crippen molar-refractivity contribution in [1.29, 1.82) is 0 Å². The number of para-hydroxylation sites is 3. The molecule has 2 aromatic carbocycles. The van der Waals surface area contributed by atoms with Gasteiger partial charge >= 0.3 is 0 Å². The van der Waals surface area contributed by atoms with Crippen molar-refractivity contribution in [2.24, 2.45) is 0 Å². The summed E-state index contributed by atoms with van der Waals surface area (Å²) in [6, 6.07) is 10.5. The zero-order valence-electron chi connectivity index (χ0n) is 12.0. The van der Waals surface area contributed by atoms with Crippen molar-refractivity contribution in [3.63, 3.8) is 0 Å². The molecule has 0 heterocycles. The van der Waals surface area contributed by atoms with Crippen molar-refractivity contribution in [2.75, 3.05) is 23.8 Å². The van der Waals surface area contributed by atoms with E-state index in [1.165, 1.54) is 6.07 Å². The molecule has 0 aromatic heterocycles. The zero-order chi connectivity index (χ0) is 15.9. The number of anilines is 2. The lowest BCUT2D eigenvalue weighted by Crippen LogP contribution is -2.23. The maximum absolute atomic E-state index is 13.4. The molecule has 116 valence electrons. The predicted octanol–water partition coefficient (Wildman–Crippen LogP) is 3.41. The highest BCUT2D eigenvalue weighted by atomic mass is 19.1. The molecule has 1 amide bonds. The summed E-state index contributed by atoms with van der Waals surface area (Å²) >= 11 is 0. The second-order valence-corrected chi connectivity index (χ2v) is 4.43. The molecule has 0 aliphatic carbocycles. The van der Waals surface area contributed by atoms with Crippen molar-refractivity contribution in [2.45, 2.75) is 6.92 Å². The molecule has 0 atom stereocenters. The summed E-state index contributed by atoms with van der Waals surface area (Å²) in [5.74, 6) is -1.59. The standard InChI is InChI=1S/C16H16F2N2O2/c1-2-22-14-9-4-3-8-13(14)19-10-15(21)20-16-11(17)6-5-7-12(16)18/h3-9,19H,2,10H2,1H3,(H,20,21). The summed E-state index contributed by atoms with van der Waals surface area (Å²) in [5, 5.41) is 5.08. The highest BCUT2D eigenvalue weighted by Crippen LogP contribution is 2.23. The highest BCUT2D eigenvalue weighted by molar-refractivity contribution is 5.94. The molecular weight excluding hydrogens is 290 g/mol. The van der Waals surface area contributed by atoms with Gasteiger partial charge in [0.05, 0.1) is 18.8 Å². The van der Waals surface area contributed by atoms with Gasteiger partial charge in [0.1, 0.15) is 23.1 Å². The smallest absolute Gasteiger partial charge is 0.243 e. The third-order valence-electron chi connectivity index (χ3n) is 2.85. The summed E-state index contributed by atoms with van der Waals surface area (Å²) in [5.41, 5.74) is 0.181. The Morgan fingerprint density at radius 3 is 2.45 bits per heavy atom. The number of carbonyl (C=O) groups excluding carboxylic acids is 1. The second-order valence-electron chi connectivity index (χ2n) is 4.43. The molecule has 0 fully saturated rings. The van der Waals surface area contributed by atoms with Crippen LogP contribution in [0.2, 0.25) is 0 Å². The minimum Gasteiger partial charge on any atom is -0.492 e. The van der Waals surface area contributed by atoms with E-state index in [-0.39, 0.29) is 6.54 Å². The van der Waals surface area contributed by atoms with Crippen molar-refractivity contribution in [3.8, 4) is 5.75 Å². The van der Waals surface area contributed by atoms with Crippen LogP contribution in [0.15, 0.2) is 42.5 Å². The lowest BCUT2D eigenvalue weighted by atomic mass is 10.2. The normalized spacial score (nSPS) is 10.1. The van der Waals surface area contributed by atoms with Crippen molar-refractivity contribution >= 4 is 17.3 Å². The van der Waals surface area contributed by atoms with Gasteiger partial charge in [-0.3, -0.25) is 4.79 Å². The highest BCUT2D eigenvalue weighted by Gasteiger charge is 2.12. The maximum Gasteiger partial charge on any atom is 0.243 e. The minimum atomic E-state index is -0.817. The Balaban J connectivity index is 1.99. The molecule has 0 saturated heterocycles. The molecule has 2 rings (SSSR count). The Morgan fingerprint density at radius 2 is 1.77 bits per heavy atom. The number of hydrogen-bond donors (Lipinski definition) is 2. The van der Waals surface area contributed by atoms with E-state index >= 15 is 0 Å². The first-order chi connectivity index (χ1) is 10.6. The van der Waals surface area contributed by atoms with E-state index in [9.17, 15) is 13.6 Å². The Bertz CT molecular complexity index is 642. The average Bonchev–Trinajstić information content (AvgIpc) is 2.50. The van der Waals surface area contributed by atoms with Crippen LogP contribution in [-0.4, -0.2) is 19.1 Å². The van der Waals surface area contributed by atoms with Crippen LogP contribution in [0, 0.1) is 11.6 Å². The Morgan fingerprint density at radius 1 is 1.09 bits per heavy atom. The van der Waals surface area contributed by atoms with Crippen LogP contribution in [0.5, 0.6) is 5.75 Å². The van der Waals surface area contributed by atoms with E-state index in [2.05, 4.69) is 10.6 Å². The van der Waals surface area contributed by atoms with Crippen molar-refractivity contribution < 1.29 is 18.3 Å². The van der Waals surface area contributed by atoms with Crippen LogP contribution in [-0.2, 0) is 4.79 Å². The number of carbonyl (C=O) groups is 1. The van der Waals surface area contributed by atoms with Gasteiger partial charge in [0, 0.05) is 0 Å². The summed E-state index contributed by atoms with van der Waals surface area (Å²) in [6.07, 6.45) is 0. The average molecular weight is 306 g/mol. The Hall–Kier alpha value is -2.63. The molecule has 0 unspecified atom stereocenters. The number of rotatable bonds is 6. The summed E-state index contributed by atoms with van der Waals surface area (Å²) < 4.78 is 32.3. The third kappa shape index (κ3) is 3.94. The van der Waals surface area contributed by atoms with Crippen LogP contribution in [0.4, 0.5) is 20.2 Å². The van der Waals surface area contributed by atoms with Gasteiger partial charge in [0.25, 0.3) is 0 Å². The SMILES string of the molecule is CCOc1ccccc1NCC(=O)Nc1c(F)cccc1F. The molecule has 4 nitrogen and oxygen atoms in total. The van der Waals surface area contributed by atoms with Crippen LogP contribution in [0.25, 0.3) is 0 Å². The third-order valence-corrected chi connectivity index (χ3v) is 2.85. The molecule has 2 N–H and O–H groups in total. The summed E-state index contributed by atoms with van der Waals surface area (Å²) in [7, 11) is 0. The fourth-order valence-electron chi connectivity index (χ4n) is 1.87. The van der Waals surface area contributed by atoms with E-state index in [1.807, 2.05) is 13.0 Å². The number of halogens is 2. The van der Waals surface area contributed by atoms with Crippen LogP contribution in [0.3, 0.4) is 0 Å². The van der Waals surface area contributed by atoms with Gasteiger partial charge in [0.2, 0.25) is 5.91 Å². The molecule has 2 aromatic rings. The quantitative estimate of drug-likeness (QED) is 0.860. The molecule has 0 spiro atoms. The number of nitrogens with one attached hydrogen (secondary N) is 2. The number of ether oxygens (including phenoxy) is 1. The topological polar surface area (TPSA) is 50.4 Å². The van der Waals surface area contributed by atoms with E-state index in [4.69, 9.17) is 4.74 Å². The molecule has 6 heteroatoms. The Labute approximate surface area is 127 Å². The molecule has 0 saturated carbocycles. The van der Waals surface area contributed by atoms with Crippen molar-refractivity contribution in [1.82, 2.24) is 0 Å². The summed E-state index contributed by atoms with van der Waals surface area (Å²) in [4.78, 5) is 11.8. The monoisotopic (exact) mass is 306 g/mol. The molecular formula is C16H16F2N2O2. The van der Waals surface area contributed by atoms with Gasteiger partial charge < -0.3 is 15.4 Å². The van der Waals surface area contributed by atoms with Gasteiger partial charge in [-0.1, -0.05) is 18.2 Å². The van der Waals surface area contributed by atoms with Crippen LogP contribution >= 0.6 is 0 Å². The molecule has 0 bridgehead atoms. The van der Waals surface area contributed by atoms with E-state index in [1.54, 1.807) is 18.2 Å². The van der Waals surface area contributed by atoms with Gasteiger partial charge in [-0.15, -0.1) is 0 Å². The lowest BCUT2D eigenvalue weighted by molar-refractivity contribution is -0.114. The molecule has 0 aliphatic rings. The molecule has 0 radical (unpaired) electrons. The molecule has 0 aliphatic heterocycles. The second kappa shape index (κ2) is 7.40. The van der Waals surface area contributed by atoms with E-state index < -0.39 is 23.2 Å². The first kappa shape index (κ1) is 15.8. The van der Waals surface area contributed by atoms with E-state index in [0.29, 0.717) is 18.0 Å². The largest absolute Gasteiger partial charge is 0.492 e. The van der Waals surface area contributed by atoms with Gasteiger partial charge in [-0.2, -0.15) is 0 Å². The first-order valence-electron chi connectivity index (χ1n) is 6.81. The van der Waals surface area contributed by atoms with Gasteiger partial charge in [0.15, 0.2) is 0 Å². The zero-order valence-corrected chi connectivity index (χ0v) is 12.0. The predicted molar refractivity (Wildman–Crippen MR) is 81.1 cm³/mol. The van der Waals surface area contributed by atoms with Gasteiger partial charge in [-0.05, 0) is 31.2 Å². The van der Waals surface area contributed by atoms with E-state index in [0.717, 1.165) is 12.1 Å². The van der Waals surface area contributed by atoms with Crippen LogP contribution < -0.4 is 15.4 Å². The molecule has 22 heavy (non-hydrogen) atoms. The fraction of sp³-hybridized carbons (Fsp3) is 0.188. The number of hydrogen-bond acceptors (Lipinski definition) is 3. The van der Waals surface area contributed by atoms with Crippen LogP contribution in [0.1, 0.15) is 6.92 Å².